The van der Waals surface area contributed by atoms with Crippen LogP contribution >= 0.6 is 0 Å². The average Bonchev–Trinajstić information content (AvgIpc) is 3.96. The van der Waals surface area contributed by atoms with Gasteiger partial charge >= 0.3 is 36.2 Å². The highest BCUT2D eigenvalue weighted by atomic mass is 127. The van der Waals surface area contributed by atoms with Crippen molar-refractivity contribution in [3.8, 4) is 0 Å². The first-order valence-electron chi connectivity index (χ1n) is 22.2. The minimum atomic E-state index is -0.865. The zero-order valence-electron chi connectivity index (χ0n) is 40.5. The van der Waals surface area contributed by atoms with E-state index in [1.165, 1.54) is 30.7 Å². The molecule has 8 fully saturated rings. The number of benzene rings is 2. The number of urea groups is 6. The molecule has 10 aliphatic rings. The molecule has 0 saturated carbocycles. The zero-order valence-corrected chi connectivity index (χ0v) is 44.8. The lowest BCUT2D eigenvalue weighted by Crippen LogP contribution is -3.00. The molecule has 0 bridgehead atoms. The van der Waals surface area contributed by atoms with Gasteiger partial charge in [0.15, 0.2) is 61.8 Å². The maximum absolute atomic E-state index is 14.5. The number of pyridine rings is 2. The highest BCUT2D eigenvalue weighted by Crippen LogP contribution is 2.47. The SMILES string of the molecule is C[n+]1ccc(/C=C/c2cc[n+](C)cc2)cc1.O.O.O.O.O.O.O.O=C1N2Cc3ccccc3CN3C(=O)N4CN5C(=O)N6CN7C(=O)N8Cc9ccccc9CN9C(=O)N(CN%10C(=O)N(CN1C4C23)C5C%106)C7C98.[I-].[I-]. The van der Waals surface area contributed by atoms with Gasteiger partial charge in [0.2, 0.25) is 0 Å². The molecule has 12 amide bonds. The Morgan fingerprint density at radius 3 is 0.733 bits per heavy atom. The second-order valence-electron chi connectivity index (χ2n) is 18.5. The molecule has 12 heterocycles. The van der Waals surface area contributed by atoms with E-state index in [-0.39, 0.29) is 137 Å². The number of carbonyl (C=O) groups is 6. The molecule has 2 aromatic carbocycles. The van der Waals surface area contributed by atoms with Crippen molar-refractivity contribution in [2.45, 2.75) is 63.2 Å². The Bertz CT molecular complexity index is 2540. The van der Waals surface area contributed by atoms with E-state index in [2.05, 4.69) is 36.4 Å². The van der Waals surface area contributed by atoms with E-state index < -0.39 is 49.1 Å². The van der Waals surface area contributed by atoms with Crippen molar-refractivity contribution in [2.24, 2.45) is 14.1 Å². The molecule has 27 nitrogen and oxygen atoms in total. The molecule has 406 valence electrons. The Hall–Kier alpha value is -6.72. The number of fused-ring (bicyclic) bond motifs is 2. The number of hydrogen-bond donors (Lipinski definition) is 0. The number of halogens is 2. The third-order valence-electron chi connectivity index (χ3n) is 14.9. The number of hydrogen-bond acceptors (Lipinski definition) is 6. The van der Waals surface area contributed by atoms with Gasteiger partial charge in [0.1, 0.15) is 40.8 Å². The van der Waals surface area contributed by atoms with Crippen LogP contribution in [0.3, 0.4) is 0 Å². The first-order valence-corrected chi connectivity index (χ1v) is 22.2. The summed E-state index contributed by atoms with van der Waals surface area (Å²) in [5.41, 5.74) is 6.25. The quantitative estimate of drug-likeness (QED) is 0.138. The highest BCUT2D eigenvalue weighted by molar-refractivity contribution is 5.91. The number of nitrogens with zero attached hydrogens (tertiary/aromatic N) is 14. The fraction of sp³-hybridized carbons (Fsp3) is 0.348. The number of aromatic nitrogens is 2. The molecule has 75 heavy (non-hydrogen) atoms. The van der Waals surface area contributed by atoms with Gasteiger partial charge in [-0.2, -0.15) is 0 Å². The van der Waals surface area contributed by atoms with Gasteiger partial charge in [0.25, 0.3) is 0 Å². The molecule has 0 spiro atoms. The van der Waals surface area contributed by atoms with E-state index in [0.29, 0.717) is 26.2 Å². The second-order valence-corrected chi connectivity index (χ2v) is 18.5. The van der Waals surface area contributed by atoms with Crippen molar-refractivity contribution in [3.63, 3.8) is 0 Å². The summed E-state index contributed by atoms with van der Waals surface area (Å²) < 4.78 is 4.06. The lowest BCUT2D eigenvalue weighted by atomic mass is 10.1. The van der Waals surface area contributed by atoms with Crippen LogP contribution in [-0.4, -0.2) is 197 Å². The molecule has 0 unspecified atom stereocenters. The van der Waals surface area contributed by atoms with Crippen molar-refractivity contribution < 1.29 is 124 Å². The van der Waals surface area contributed by atoms with Crippen LogP contribution in [0.4, 0.5) is 28.8 Å². The monoisotopic (exact) mass is 1270 g/mol. The smallest absolute Gasteiger partial charge is 0.326 e. The van der Waals surface area contributed by atoms with Gasteiger partial charge in [-0.25, -0.2) is 37.9 Å². The maximum atomic E-state index is 14.5. The van der Waals surface area contributed by atoms with Crippen LogP contribution in [0.2, 0.25) is 0 Å². The van der Waals surface area contributed by atoms with Crippen molar-refractivity contribution in [1.82, 2.24) is 58.8 Å². The Morgan fingerprint density at radius 2 is 0.520 bits per heavy atom. The summed E-state index contributed by atoms with van der Waals surface area (Å²) >= 11 is 0. The van der Waals surface area contributed by atoms with Crippen LogP contribution in [0.15, 0.2) is 97.6 Å². The van der Waals surface area contributed by atoms with Gasteiger partial charge in [-0.15, -0.1) is 0 Å². The van der Waals surface area contributed by atoms with Crippen LogP contribution in [0, 0.1) is 0 Å². The molecule has 14 rings (SSSR count). The van der Waals surface area contributed by atoms with Crippen molar-refractivity contribution in [3.05, 3.63) is 131 Å². The maximum Gasteiger partial charge on any atom is 0.326 e. The summed E-state index contributed by atoms with van der Waals surface area (Å²) in [6, 6.07) is 21.9. The molecule has 29 heteroatoms. The summed E-state index contributed by atoms with van der Waals surface area (Å²) in [5.74, 6) is 0. The van der Waals surface area contributed by atoms with E-state index in [9.17, 15) is 28.8 Å². The van der Waals surface area contributed by atoms with E-state index in [0.717, 1.165) is 22.3 Å². The highest BCUT2D eigenvalue weighted by Gasteiger charge is 2.70. The Morgan fingerprint density at radius 1 is 0.333 bits per heavy atom. The normalized spacial score (nSPS) is 24.1. The first-order chi connectivity index (χ1) is 32.0. The Kier molecular flexibility index (Phi) is 18.0. The molecular formula is C46H60I2N14O13. The third kappa shape index (κ3) is 8.82. The van der Waals surface area contributed by atoms with Crippen LogP contribution < -0.4 is 57.1 Å². The number of rotatable bonds is 2. The van der Waals surface area contributed by atoms with Crippen LogP contribution in [-0.2, 0) is 40.3 Å². The third-order valence-corrected chi connectivity index (χ3v) is 14.9. The molecule has 4 aromatic rings. The Balaban J connectivity index is 0.000000426. The largest absolute Gasteiger partial charge is 1.00 e. The lowest BCUT2D eigenvalue weighted by Gasteiger charge is -2.41. The van der Waals surface area contributed by atoms with Crippen LogP contribution in [0.1, 0.15) is 33.4 Å². The van der Waals surface area contributed by atoms with Crippen LogP contribution in [0.25, 0.3) is 12.2 Å². The second kappa shape index (κ2) is 22.2. The summed E-state index contributed by atoms with van der Waals surface area (Å²) in [7, 11) is 4.04. The van der Waals surface area contributed by atoms with Crippen LogP contribution in [0.5, 0.6) is 0 Å². The minimum absolute atomic E-state index is 0. The molecule has 2 aromatic heterocycles. The fourth-order valence-electron chi connectivity index (χ4n) is 11.6. The molecular weight excluding hydrogens is 1210 g/mol. The summed E-state index contributed by atoms with van der Waals surface area (Å²) in [6.07, 6.45) is 8.04. The molecule has 8 saturated heterocycles. The number of amides is 12. The minimum Gasteiger partial charge on any atom is -1.00 e. The van der Waals surface area contributed by atoms with Crippen molar-refractivity contribution >= 4 is 48.3 Å². The van der Waals surface area contributed by atoms with E-state index >= 15 is 0 Å². The fourth-order valence-corrected chi connectivity index (χ4v) is 11.6. The molecule has 0 radical (unpaired) electrons. The summed E-state index contributed by atoms with van der Waals surface area (Å²) in [5, 5.41) is 0. The van der Waals surface area contributed by atoms with Gasteiger partial charge in [0, 0.05) is 50.4 Å². The molecule has 0 atom stereocenters. The summed E-state index contributed by atoms with van der Waals surface area (Å²) in [4.78, 5) is 105. The van der Waals surface area contributed by atoms with E-state index in [1.807, 2.05) is 96.5 Å². The average molecular weight is 1270 g/mol. The first kappa shape index (κ1) is 60.8. The molecule has 14 N–H and O–H groups in total. The predicted molar refractivity (Wildman–Crippen MR) is 254 cm³/mol. The van der Waals surface area contributed by atoms with Gasteiger partial charge in [-0.3, -0.25) is 58.8 Å². The van der Waals surface area contributed by atoms with Crippen molar-refractivity contribution in [1.29, 1.82) is 0 Å². The zero-order chi connectivity index (χ0) is 44.9. The van der Waals surface area contributed by atoms with Gasteiger partial charge in [0.05, 0.1) is 0 Å². The summed E-state index contributed by atoms with van der Waals surface area (Å²) in [6.45, 7) is 0.657. The van der Waals surface area contributed by atoms with Gasteiger partial charge in [-0.05, 0) is 33.4 Å². The van der Waals surface area contributed by atoms with Gasteiger partial charge in [-0.1, -0.05) is 60.7 Å². The van der Waals surface area contributed by atoms with E-state index in [1.54, 1.807) is 39.2 Å². The molecule has 0 aliphatic carbocycles. The lowest BCUT2D eigenvalue weighted by molar-refractivity contribution is -0.671. The van der Waals surface area contributed by atoms with E-state index in [4.69, 9.17) is 0 Å². The Labute approximate surface area is 463 Å². The predicted octanol–water partition coefficient (Wildman–Crippen LogP) is -9.61. The number of aryl methyl sites for hydroxylation is 2. The molecule has 10 aliphatic heterocycles. The number of carbonyl (C=O) groups excluding carboxylic acids is 6. The van der Waals surface area contributed by atoms with Gasteiger partial charge < -0.3 is 86.3 Å². The topological polar surface area (TPSA) is 370 Å². The standard InChI is InChI=1S/C32H30N12O6.C14H16N2.2HI.7H2O/c45-27-33-9-17-5-1-2-6-18(17)10-34-21(33)23-37(27)13-41-25-26-43(31(41)49)15-39-24-22-35(29(39)47)11-19-7-3-4-8-20(19)12-36(22)30(48)40(24)16-44(26)32(50)42(25)14-38(23)28(34)46;1-15-9-5-13(6-10-15)3-4-14-7-11-16(2)12-8-14;;;;;;;;;/h1-8,21-26H,9-16H2;3-12H,1-2H3;2*1H;7*1H2/q;+2;;;;;;;;;/p-2/b;4-3+;;;;;;;;;. The van der Waals surface area contributed by atoms with Crippen molar-refractivity contribution in [2.75, 3.05) is 26.7 Å².